The molecule has 120 valence electrons. The predicted molar refractivity (Wildman–Crippen MR) is 108 cm³/mol. The second kappa shape index (κ2) is 6.10. The van der Waals surface area contributed by atoms with Crippen LogP contribution in [0.15, 0.2) is 58.7 Å². The SMILES string of the molecule is [Li][C]1(C2(CC(=C)C[Si](C)(C)C)C=CC=C2)C(C)=C(C)C(C)=C1C. The summed E-state index contributed by atoms with van der Waals surface area (Å²) >= 11 is 2.44. The van der Waals surface area contributed by atoms with E-state index in [0.29, 0.717) is 0 Å². The van der Waals surface area contributed by atoms with E-state index in [2.05, 4.69) is 95.9 Å². The molecular formula is C21H31LiSi. The first-order chi connectivity index (χ1) is 10.4. The fourth-order valence-electron chi connectivity index (χ4n) is 4.66. The molecule has 0 unspecified atom stereocenters. The first-order valence-electron chi connectivity index (χ1n) is 8.85. The van der Waals surface area contributed by atoms with Crippen LogP contribution in [0.2, 0.25) is 29.8 Å². The monoisotopic (exact) mass is 318 g/mol. The Bertz CT molecular complexity index is 614. The molecular weight excluding hydrogens is 287 g/mol. The van der Waals surface area contributed by atoms with Gasteiger partial charge in [0, 0.05) is 0 Å². The Balaban J connectivity index is 2.46. The van der Waals surface area contributed by atoms with E-state index in [1.165, 1.54) is 33.9 Å². The average Bonchev–Trinajstić information content (AvgIpc) is 2.95. The fraction of sp³-hybridized carbons (Fsp3) is 0.524. The molecule has 2 heteroatoms. The zero-order valence-electron chi connectivity index (χ0n) is 16.4. The maximum atomic E-state index is 4.47. The molecule has 23 heavy (non-hydrogen) atoms. The molecule has 0 nitrogen and oxygen atoms in total. The summed E-state index contributed by atoms with van der Waals surface area (Å²) in [6.45, 7) is 21.0. The minimum absolute atomic E-state index is 0.0525. The molecule has 0 fully saturated rings. The third kappa shape index (κ3) is 3.09. The molecule has 0 spiro atoms. The molecule has 0 bridgehead atoms. The molecule has 0 N–H and O–H groups in total. The van der Waals surface area contributed by atoms with Crippen LogP contribution in [-0.2, 0) is 0 Å². The molecule has 2 rings (SSSR count). The van der Waals surface area contributed by atoms with Crippen molar-refractivity contribution in [3.8, 4) is 0 Å². The summed E-state index contributed by atoms with van der Waals surface area (Å²) in [5, 5.41) is 0. The Kier molecular flexibility index (Phi) is 5.00. The van der Waals surface area contributed by atoms with Crippen molar-refractivity contribution in [1.29, 1.82) is 0 Å². The Labute approximate surface area is 153 Å². The van der Waals surface area contributed by atoms with Gasteiger partial charge >= 0.3 is 154 Å². The van der Waals surface area contributed by atoms with E-state index in [1.807, 2.05) is 0 Å². The van der Waals surface area contributed by atoms with Crippen LogP contribution in [0, 0.1) is 5.41 Å². The van der Waals surface area contributed by atoms with Gasteiger partial charge in [-0.1, -0.05) is 0 Å². The maximum absolute atomic E-state index is 4.47. The van der Waals surface area contributed by atoms with Gasteiger partial charge in [0.1, 0.15) is 0 Å². The van der Waals surface area contributed by atoms with Crippen molar-refractivity contribution in [2.75, 3.05) is 0 Å². The van der Waals surface area contributed by atoms with Crippen LogP contribution in [0.1, 0.15) is 34.1 Å². The van der Waals surface area contributed by atoms with Gasteiger partial charge in [0.2, 0.25) is 0 Å². The van der Waals surface area contributed by atoms with Crippen LogP contribution in [0.3, 0.4) is 0 Å². The van der Waals surface area contributed by atoms with Crippen molar-refractivity contribution < 1.29 is 0 Å². The van der Waals surface area contributed by atoms with Gasteiger partial charge < -0.3 is 0 Å². The van der Waals surface area contributed by atoms with Gasteiger partial charge in [0.25, 0.3) is 0 Å². The topological polar surface area (TPSA) is 0 Å². The molecule has 0 aromatic rings. The average molecular weight is 319 g/mol. The zero-order valence-corrected chi connectivity index (χ0v) is 17.4. The van der Waals surface area contributed by atoms with E-state index < -0.39 is 8.07 Å². The molecule has 0 heterocycles. The van der Waals surface area contributed by atoms with Crippen LogP contribution in [0.5, 0.6) is 0 Å². The van der Waals surface area contributed by atoms with Crippen LogP contribution < -0.4 is 0 Å². The molecule has 0 aliphatic heterocycles. The first kappa shape index (κ1) is 18.8. The van der Waals surface area contributed by atoms with E-state index in [4.69, 9.17) is 0 Å². The Morgan fingerprint density at radius 3 is 1.83 bits per heavy atom. The van der Waals surface area contributed by atoms with Gasteiger partial charge in [0.15, 0.2) is 0 Å². The minimum atomic E-state index is -1.12. The van der Waals surface area contributed by atoms with Crippen molar-refractivity contribution in [2.24, 2.45) is 5.41 Å². The van der Waals surface area contributed by atoms with E-state index >= 15 is 0 Å². The molecule has 2 aliphatic rings. The van der Waals surface area contributed by atoms with Crippen molar-refractivity contribution in [1.82, 2.24) is 0 Å². The summed E-state index contributed by atoms with van der Waals surface area (Å²) in [6.07, 6.45) is 10.4. The molecule has 2 aliphatic carbocycles. The third-order valence-electron chi connectivity index (χ3n) is 6.34. The van der Waals surface area contributed by atoms with Gasteiger partial charge in [-0.2, -0.15) is 0 Å². The van der Waals surface area contributed by atoms with Gasteiger partial charge in [-0.25, -0.2) is 0 Å². The van der Waals surface area contributed by atoms with Gasteiger partial charge in [-0.05, 0) is 0 Å². The summed E-state index contributed by atoms with van der Waals surface area (Å²) < 4.78 is 0.0764. The summed E-state index contributed by atoms with van der Waals surface area (Å²) in [5.41, 5.74) is 7.50. The van der Waals surface area contributed by atoms with Gasteiger partial charge in [-0.3, -0.25) is 0 Å². The predicted octanol–water partition coefficient (Wildman–Crippen LogP) is 6.40. The van der Waals surface area contributed by atoms with E-state index in [9.17, 15) is 0 Å². The van der Waals surface area contributed by atoms with E-state index in [0.717, 1.165) is 6.42 Å². The molecule has 0 aromatic heterocycles. The number of allylic oxidation sites excluding steroid dienone is 9. The molecule has 0 saturated heterocycles. The van der Waals surface area contributed by atoms with Crippen LogP contribution >= 0.6 is 0 Å². The number of hydrogen-bond acceptors (Lipinski definition) is 0. The Morgan fingerprint density at radius 2 is 1.43 bits per heavy atom. The zero-order chi connectivity index (χ0) is 17.6. The van der Waals surface area contributed by atoms with Crippen molar-refractivity contribution in [3.05, 3.63) is 58.7 Å². The van der Waals surface area contributed by atoms with E-state index in [-0.39, 0.29) is 9.50 Å². The van der Waals surface area contributed by atoms with Crippen molar-refractivity contribution in [2.45, 2.75) is 63.9 Å². The molecule has 0 aromatic carbocycles. The van der Waals surface area contributed by atoms with Gasteiger partial charge in [0.05, 0.1) is 0 Å². The summed E-state index contributed by atoms with van der Waals surface area (Å²) in [7, 11) is -1.12. The molecule has 0 radical (unpaired) electrons. The van der Waals surface area contributed by atoms with E-state index in [1.54, 1.807) is 0 Å². The second-order valence-corrected chi connectivity index (χ2v) is 14.5. The number of rotatable bonds is 5. The Morgan fingerprint density at radius 1 is 1.00 bits per heavy atom. The van der Waals surface area contributed by atoms with Crippen LogP contribution in [-0.4, -0.2) is 25.8 Å². The first-order valence-corrected chi connectivity index (χ1v) is 12.6. The molecule has 0 atom stereocenters. The summed E-state index contributed by atoms with van der Waals surface area (Å²) in [5.74, 6) is 0. The quantitative estimate of drug-likeness (QED) is 0.406. The normalized spacial score (nSPS) is 22.5. The van der Waals surface area contributed by atoms with Gasteiger partial charge in [-0.15, -0.1) is 0 Å². The summed E-state index contributed by atoms with van der Waals surface area (Å²) in [4.78, 5) is 0. The molecule has 0 saturated carbocycles. The van der Waals surface area contributed by atoms with Crippen LogP contribution in [0.25, 0.3) is 0 Å². The standard InChI is InChI=1S/C21H31Si.Li/c1-15(14-22(6,7)8)13-21(11-9-10-12-21)20-18(4)16(2)17(3)19(20)5;/h9-12H,1,13-14H2,2-8H3;. The van der Waals surface area contributed by atoms with Crippen LogP contribution in [0.4, 0.5) is 0 Å². The fourth-order valence-corrected chi connectivity index (χ4v) is 6.28. The van der Waals surface area contributed by atoms with Crippen molar-refractivity contribution in [3.63, 3.8) is 0 Å². The Hall–Kier alpha value is -0.486. The second-order valence-electron chi connectivity index (χ2n) is 9.05. The van der Waals surface area contributed by atoms with Crippen molar-refractivity contribution >= 4 is 25.8 Å². The molecule has 0 amide bonds. The summed E-state index contributed by atoms with van der Waals surface area (Å²) in [6, 6.07) is 1.22. The third-order valence-corrected chi connectivity index (χ3v) is 7.90. The number of hydrogen-bond donors (Lipinski definition) is 0.